The number of carboxylic acid groups (broad SMARTS) is 1. The molecule has 0 saturated heterocycles. The first-order chi connectivity index (χ1) is 10.6. The maximum absolute atomic E-state index is 14.0. The van der Waals surface area contributed by atoms with Gasteiger partial charge >= 0.3 is 5.97 Å². The monoisotopic (exact) mass is 295 g/mol. The largest absolute Gasteiger partial charge is 0.486 e. The van der Waals surface area contributed by atoms with Gasteiger partial charge in [-0.1, -0.05) is 12.1 Å². The number of aromatic carboxylic acids is 1. The average molecular weight is 295 g/mol. The van der Waals surface area contributed by atoms with Gasteiger partial charge in [-0.3, -0.25) is 0 Å². The third-order valence-electron chi connectivity index (χ3n) is 3.42. The van der Waals surface area contributed by atoms with Crippen LogP contribution in [-0.4, -0.2) is 17.7 Å². The summed E-state index contributed by atoms with van der Waals surface area (Å²) in [5, 5.41) is 17.9. The Hall–Kier alpha value is -3.13. The number of halogens is 1. The molecule has 0 atom stereocenters. The fourth-order valence-electron chi connectivity index (χ4n) is 2.38. The predicted octanol–water partition coefficient (Wildman–Crippen LogP) is 3.22. The summed E-state index contributed by atoms with van der Waals surface area (Å²) in [6.07, 6.45) is 1.76. The zero-order valence-corrected chi connectivity index (χ0v) is 11.3. The Kier molecular flexibility index (Phi) is 3.36. The number of fused-ring (bicyclic) bond motifs is 1. The van der Waals surface area contributed by atoms with Crippen molar-refractivity contribution in [3.05, 3.63) is 70.5 Å². The van der Waals surface area contributed by atoms with Crippen LogP contribution in [0.3, 0.4) is 0 Å². The van der Waals surface area contributed by atoms with Crippen LogP contribution >= 0.6 is 0 Å². The zero-order chi connectivity index (χ0) is 15.7. The summed E-state index contributed by atoms with van der Waals surface area (Å²) >= 11 is 0. The van der Waals surface area contributed by atoms with Gasteiger partial charge in [0.1, 0.15) is 6.61 Å². The molecule has 5 heteroatoms. The minimum Gasteiger partial charge on any atom is -0.486 e. The lowest BCUT2D eigenvalue weighted by Crippen LogP contribution is -2.10. The van der Waals surface area contributed by atoms with E-state index in [2.05, 4.69) is 0 Å². The summed E-state index contributed by atoms with van der Waals surface area (Å²) < 4.78 is 19.3. The minimum absolute atomic E-state index is 0.0480. The van der Waals surface area contributed by atoms with Crippen molar-refractivity contribution in [3.8, 4) is 11.8 Å². The third kappa shape index (κ3) is 2.31. The maximum atomic E-state index is 14.0. The second-order valence-corrected chi connectivity index (χ2v) is 4.76. The molecule has 2 aromatic carbocycles. The molecule has 0 spiro atoms. The average Bonchev–Trinajstić information content (AvgIpc) is 2.54. The Morgan fingerprint density at radius 1 is 1.27 bits per heavy atom. The van der Waals surface area contributed by atoms with Gasteiger partial charge in [-0.25, -0.2) is 9.18 Å². The van der Waals surface area contributed by atoms with Crippen molar-refractivity contribution in [1.29, 1.82) is 5.26 Å². The Balaban J connectivity index is 2.14. The number of benzene rings is 2. The normalized spacial score (nSPS) is 12.6. The molecule has 0 fully saturated rings. The van der Waals surface area contributed by atoms with E-state index < -0.39 is 11.8 Å². The summed E-state index contributed by atoms with van der Waals surface area (Å²) in [5.41, 5.74) is 2.23. The molecule has 1 aliphatic heterocycles. The maximum Gasteiger partial charge on any atom is 0.335 e. The molecule has 2 aromatic rings. The highest BCUT2D eigenvalue weighted by Crippen LogP contribution is 2.37. The molecule has 1 aliphatic rings. The smallest absolute Gasteiger partial charge is 0.335 e. The van der Waals surface area contributed by atoms with E-state index in [0.717, 1.165) is 11.6 Å². The van der Waals surface area contributed by atoms with E-state index in [0.29, 0.717) is 16.7 Å². The molecule has 3 rings (SSSR count). The fourth-order valence-corrected chi connectivity index (χ4v) is 2.38. The minimum atomic E-state index is -1.20. The van der Waals surface area contributed by atoms with Crippen molar-refractivity contribution >= 4 is 11.5 Å². The molecule has 0 amide bonds. The molecular weight excluding hydrogens is 285 g/mol. The fraction of sp³-hybridized carbons (Fsp3) is 0.0588. The molecule has 0 bridgehead atoms. The number of carbonyl (C=O) groups is 1. The summed E-state index contributed by atoms with van der Waals surface area (Å²) in [5.74, 6) is -1.85. The van der Waals surface area contributed by atoms with Crippen molar-refractivity contribution in [2.45, 2.75) is 0 Å². The lowest BCUT2D eigenvalue weighted by Gasteiger charge is -2.20. The molecule has 1 N–H and O–H groups in total. The molecular formula is C17H10FNO3. The van der Waals surface area contributed by atoms with Gasteiger partial charge in [-0.15, -0.1) is 0 Å². The molecule has 0 aliphatic carbocycles. The summed E-state index contributed by atoms with van der Waals surface area (Å²) in [6, 6.07) is 11.2. The number of carboxylic acids is 1. The highest BCUT2D eigenvalue weighted by Gasteiger charge is 2.22. The zero-order valence-electron chi connectivity index (χ0n) is 11.3. The topological polar surface area (TPSA) is 70.3 Å². The standard InChI is InChI=1S/C17H10FNO3/c18-15-8-12(17(20)21)7-14-13(5-6-22-16(14)15)11-3-1-10(9-19)2-4-11/h1-5,7-8H,6H2,(H,20,21). The third-order valence-corrected chi connectivity index (χ3v) is 3.42. The summed E-state index contributed by atoms with van der Waals surface area (Å²) in [4.78, 5) is 11.1. The highest BCUT2D eigenvalue weighted by atomic mass is 19.1. The van der Waals surface area contributed by atoms with E-state index in [4.69, 9.17) is 15.1 Å². The highest BCUT2D eigenvalue weighted by molar-refractivity contribution is 5.92. The van der Waals surface area contributed by atoms with E-state index in [1.165, 1.54) is 6.07 Å². The Morgan fingerprint density at radius 3 is 2.64 bits per heavy atom. The van der Waals surface area contributed by atoms with Gasteiger partial charge in [-0.2, -0.15) is 5.26 Å². The van der Waals surface area contributed by atoms with E-state index in [-0.39, 0.29) is 17.9 Å². The molecule has 0 saturated carbocycles. The molecule has 4 nitrogen and oxygen atoms in total. The van der Waals surface area contributed by atoms with Crippen LogP contribution in [0.1, 0.15) is 27.0 Å². The summed E-state index contributed by atoms with van der Waals surface area (Å²) in [7, 11) is 0. The number of ether oxygens (including phenoxy) is 1. The first-order valence-corrected chi connectivity index (χ1v) is 6.51. The van der Waals surface area contributed by atoms with Crippen LogP contribution in [0.25, 0.3) is 5.57 Å². The van der Waals surface area contributed by atoms with E-state index in [1.54, 1.807) is 30.3 Å². The summed E-state index contributed by atoms with van der Waals surface area (Å²) in [6.45, 7) is 0.200. The van der Waals surface area contributed by atoms with Gasteiger partial charge in [0.2, 0.25) is 0 Å². The first kappa shape index (κ1) is 13.8. The molecule has 0 radical (unpaired) electrons. The van der Waals surface area contributed by atoms with Crippen LogP contribution in [0.15, 0.2) is 42.5 Å². The number of rotatable bonds is 2. The molecule has 108 valence electrons. The lowest BCUT2D eigenvalue weighted by molar-refractivity contribution is 0.0696. The number of nitriles is 1. The lowest BCUT2D eigenvalue weighted by atomic mass is 9.93. The van der Waals surface area contributed by atoms with Crippen LogP contribution in [0.2, 0.25) is 0 Å². The van der Waals surface area contributed by atoms with E-state index >= 15 is 0 Å². The van der Waals surface area contributed by atoms with E-state index in [9.17, 15) is 9.18 Å². The van der Waals surface area contributed by atoms with Crippen LogP contribution in [-0.2, 0) is 0 Å². The van der Waals surface area contributed by atoms with Crippen molar-refractivity contribution < 1.29 is 19.0 Å². The van der Waals surface area contributed by atoms with Gasteiger partial charge in [-0.05, 0) is 41.5 Å². The van der Waals surface area contributed by atoms with Crippen LogP contribution < -0.4 is 4.74 Å². The van der Waals surface area contributed by atoms with E-state index in [1.807, 2.05) is 6.07 Å². The number of hydrogen-bond acceptors (Lipinski definition) is 3. The first-order valence-electron chi connectivity index (χ1n) is 6.51. The second-order valence-electron chi connectivity index (χ2n) is 4.76. The molecule has 0 unspecified atom stereocenters. The Bertz CT molecular complexity index is 832. The second kappa shape index (κ2) is 5.34. The molecule has 1 heterocycles. The van der Waals surface area contributed by atoms with Gasteiger partial charge in [0.25, 0.3) is 0 Å². The molecule has 22 heavy (non-hydrogen) atoms. The van der Waals surface area contributed by atoms with Gasteiger partial charge < -0.3 is 9.84 Å². The van der Waals surface area contributed by atoms with Crippen LogP contribution in [0.4, 0.5) is 4.39 Å². The quantitative estimate of drug-likeness (QED) is 0.923. The Morgan fingerprint density at radius 2 is 2.00 bits per heavy atom. The van der Waals surface area contributed by atoms with Gasteiger partial charge in [0.05, 0.1) is 17.2 Å². The van der Waals surface area contributed by atoms with Crippen molar-refractivity contribution in [1.82, 2.24) is 0 Å². The SMILES string of the molecule is N#Cc1ccc(C2=CCOc3c(F)cc(C(=O)O)cc32)cc1. The van der Waals surface area contributed by atoms with Crippen LogP contribution in [0.5, 0.6) is 5.75 Å². The van der Waals surface area contributed by atoms with Gasteiger partial charge in [0.15, 0.2) is 11.6 Å². The van der Waals surface area contributed by atoms with Crippen LogP contribution in [0, 0.1) is 17.1 Å². The predicted molar refractivity (Wildman–Crippen MR) is 77.1 cm³/mol. The van der Waals surface area contributed by atoms with Gasteiger partial charge in [0, 0.05) is 5.56 Å². The number of nitrogens with zero attached hydrogens (tertiary/aromatic N) is 1. The van der Waals surface area contributed by atoms with Crippen molar-refractivity contribution in [2.75, 3.05) is 6.61 Å². The molecule has 0 aromatic heterocycles. The van der Waals surface area contributed by atoms with Crippen molar-refractivity contribution in [2.24, 2.45) is 0 Å². The van der Waals surface area contributed by atoms with Crippen molar-refractivity contribution in [3.63, 3.8) is 0 Å². The Labute approximate surface area is 125 Å². The number of hydrogen-bond donors (Lipinski definition) is 1.